The molecular weight excluding hydrogens is 486 g/mol. The van der Waals surface area contributed by atoms with Crippen molar-refractivity contribution in [2.45, 2.75) is 53.9 Å². The molecule has 8 heteroatoms. The van der Waals surface area contributed by atoms with Crippen LogP contribution < -0.4 is 11.1 Å². The van der Waals surface area contributed by atoms with E-state index in [9.17, 15) is 4.79 Å². The summed E-state index contributed by atoms with van der Waals surface area (Å²) < 4.78 is 0. The van der Waals surface area contributed by atoms with Gasteiger partial charge in [-0.25, -0.2) is 4.99 Å². The number of nitrogens with two attached hydrogens (primary N) is 1. The molecule has 0 aliphatic carbocycles. The van der Waals surface area contributed by atoms with Gasteiger partial charge in [0, 0.05) is 74.5 Å². The number of nitrogens with one attached hydrogen (secondary N) is 1. The summed E-state index contributed by atoms with van der Waals surface area (Å²) in [5.74, 6) is 1.40. The molecule has 0 spiro atoms. The summed E-state index contributed by atoms with van der Waals surface area (Å²) >= 11 is 0. The zero-order valence-corrected chi connectivity index (χ0v) is 24.7. The second-order valence-corrected chi connectivity index (χ2v) is 10.9. The number of carbonyl (C=O) groups excluding carboxylic acids is 1. The fourth-order valence-corrected chi connectivity index (χ4v) is 4.94. The summed E-state index contributed by atoms with van der Waals surface area (Å²) in [6.07, 6.45) is 6.48. The van der Waals surface area contributed by atoms with Crippen LogP contribution in [0.15, 0.2) is 64.5 Å². The van der Waals surface area contributed by atoms with Gasteiger partial charge in [-0.05, 0) is 75.9 Å². The first-order chi connectivity index (χ1) is 18.6. The maximum Gasteiger partial charge on any atom is 0.228 e. The number of rotatable bonds is 9. The minimum atomic E-state index is -0.0169. The van der Waals surface area contributed by atoms with Crippen molar-refractivity contribution in [2.75, 3.05) is 56.9 Å². The van der Waals surface area contributed by atoms with Crippen molar-refractivity contribution in [1.29, 1.82) is 0 Å². The maximum atomic E-state index is 13.0. The van der Waals surface area contributed by atoms with Gasteiger partial charge in [-0.2, -0.15) is 0 Å². The largest absolute Gasteiger partial charge is 0.398 e. The molecule has 0 bridgehead atoms. The van der Waals surface area contributed by atoms with E-state index in [4.69, 9.17) is 5.73 Å². The average molecular weight is 534 g/mol. The molecule has 39 heavy (non-hydrogen) atoms. The number of carbonyl (C=O) groups is 1. The fourth-order valence-electron chi connectivity index (χ4n) is 4.94. The number of hydrogen-bond donors (Lipinski definition) is 2. The summed E-state index contributed by atoms with van der Waals surface area (Å²) in [5.41, 5.74) is 11.9. The summed E-state index contributed by atoms with van der Waals surface area (Å²) in [4.78, 5) is 29.1. The molecule has 1 aromatic rings. The highest BCUT2D eigenvalue weighted by atomic mass is 16.1. The Morgan fingerprint density at radius 1 is 1.13 bits per heavy atom. The normalized spacial score (nSPS) is 19.9. The lowest BCUT2D eigenvalue weighted by atomic mass is 10.0. The quantitative estimate of drug-likeness (QED) is 0.262. The molecule has 1 aromatic carbocycles. The lowest BCUT2D eigenvalue weighted by Gasteiger charge is -2.38. The minimum absolute atomic E-state index is 0.0169. The first-order valence-corrected chi connectivity index (χ1v) is 14.1. The van der Waals surface area contributed by atoms with Gasteiger partial charge in [-0.1, -0.05) is 26.5 Å². The van der Waals surface area contributed by atoms with Crippen molar-refractivity contribution in [2.24, 2.45) is 15.9 Å². The number of nitrogens with zero attached hydrogens (tertiary/aromatic N) is 5. The maximum absolute atomic E-state index is 13.0. The van der Waals surface area contributed by atoms with E-state index < -0.39 is 0 Å². The van der Waals surface area contributed by atoms with E-state index in [1.807, 2.05) is 51.2 Å². The molecule has 1 amide bonds. The molecule has 0 aromatic heterocycles. The number of piperazine rings is 1. The molecule has 2 aliphatic heterocycles. The number of aliphatic imine (C=N–C) groups is 2. The van der Waals surface area contributed by atoms with E-state index >= 15 is 0 Å². The Morgan fingerprint density at radius 3 is 2.49 bits per heavy atom. The topological polar surface area (TPSA) is 89.6 Å². The van der Waals surface area contributed by atoms with Gasteiger partial charge >= 0.3 is 0 Å². The van der Waals surface area contributed by atoms with Gasteiger partial charge in [0.05, 0.1) is 5.92 Å². The zero-order valence-electron chi connectivity index (χ0n) is 24.7. The number of amides is 1. The third-order valence-electron chi connectivity index (χ3n) is 7.64. The molecule has 2 aliphatic rings. The highest BCUT2D eigenvalue weighted by molar-refractivity contribution is 5.98. The van der Waals surface area contributed by atoms with Gasteiger partial charge < -0.3 is 20.9 Å². The molecule has 0 radical (unpaired) electrons. The molecule has 0 saturated carbocycles. The predicted octanol–water partition coefficient (Wildman–Crippen LogP) is 5.10. The van der Waals surface area contributed by atoms with E-state index in [2.05, 4.69) is 57.4 Å². The van der Waals surface area contributed by atoms with Crippen molar-refractivity contribution in [3.8, 4) is 0 Å². The number of hydrogen-bond acceptors (Lipinski definition) is 6. The SMILES string of the molecule is C=C(CN1CC[C@@H](C(=O)Nc2ccc(N)c(C(C)C)c2)C1)N1CCN(C(C)=N/C=C(C)/C(C)=N\C=C/C)CC1. The van der Waals surface area contributed by atoms with Crippen LogP contribution in [0.5, 0.6) is 0 Å². The highest BCUT2D eigenvalue weighted by Crippen LogP contribution is 2.26. The van der Waals surface area contributed by atoms with E-state index in [-0.39, 0.29) is 11.8 Å². The van der Waals surface area contributed by atoms with Gasteiger partial charge in [-0.3, -0.25) is 14.7 Å². The molecule has 0 unspecified atom stereocenters. The lowest BCUT2D eigenvalue weighted by Crippen LogP contribution is -2.48. The Hall–Kier alpha value is -3.39. The Labute approximate surface area is 235 Å². The molecule has 212 valence electrons. The van der Waals surface area contributed by atoms with Crippen LogP contribution in [-0.2, 0) is 4.79 Å². The van der Waals surface area contributed by atoms with Gasteiger partial charge in [0.15, 0.2) is 0 Å². The van der Waals surface area contributed by atoms with Crippen molar-refractivity contribution in [3.63, 3.8) is 0 Å². The monoisotopic (exact) mass is 533 g/mol. The van der Waals surface area contributed by atoms with Gasteiger partial charge in [0.25, 0.3) is 0 Å². The van der Waals surface area contributed by atoms with Crippen molar-refractivity contribution >= 4 is 28.8 Å². The Kier molecular flexibility index (Phi) is 10.9. The third-order valence-corrected chi connectivity index (χ3v) is 7.64. The molecule has 2 fully saturated rings. The van der Waals surface area contributed by atoms with Crippen LogP contribution in [0.25, 0.3) is 0 Å². The molecule has 1 atom stereocenters. The number of likely N-dealkylation sites (tertiary alicyclic amines) is 1. The zero-order chi connectivity index (χ0) is 28.5. The number of amidine groups is 1. The van der Waals surface area contributed by atoms with Gasteiger partial charge in [-0.15, -0.1) is 0 Å². The van der Waals surface area contributed by atoms with Crippen LogP contribution in [0.1, 0.15) is 59.4 Å². The minimum Gasteiger partial charge on any atom is -0.398 e. The van der Waals surface area contributed by atoms with E-state index in [0.29, 0.717) is 5.92 Å². The summed E-state index contributed by atoms with van der Waals surface area (Å²) in [7, 11) is 0. The first-order valence-electron chi connectivity index (χ1n) is 14.1. The molecule has 2 saturated heterocycles. The van der Waals surface area contributed by atoms with Gasteiger partial charge in [0.1, 0.15) is 5.84 Å². The van der Waals surface area contributed by atoms with Crippen LogP contribution >= 0.6 is 0 Å². The second kappa shape index (κ2) is 14.1. The predicted molar refractivity (Wildman–Crippen MR) is 165 cm³/mol. The van der Waals surface area contributed by atoms with Crippen LogP contribution in [0.2, 0.25) is 0 Å². The standard InChI is InChI=1S/C31H47N7O/c1-8-12-33-25(6)23(4)19-34-26(7)38-16-14-37(15-17-38)24(5)20-36-13-11-27(21-36)31(39)35-28-9-10-30(32)29(18-28)22(2)3/h8-10,12,18-19,22,27H,5,11,13-17,20-21,32H2,1-4,6-7H3,(H,35,39)/b12-8-,23-19+,33-25-,34-26?/t27-/m1/s1. The molecule has 2 heterocycles. The first kappa shape index (κ1) is 30.2. The second-order valence-electron chi connectivity index (χ2n) is 10.9. The molecule has 3 rings (SSSR count). The molecular formula is C31H47N7O. The van der Waals surface area contributed by atoms with E-state index in [0.717, 1.165) is 92.0 Å². The van der Waals surface area contributed by atoms with Crippen LogP contribution in [0.3, 0.4) is 0 Å². The van der Waals surface area contributed by atoms with Crippen molar-refractivity contribution < 1.29 is 4.79 Å². The van der Waals surface area contributed by atoms with Crippen molar-refractivity contribution in [3.05, 3.63) is 60.1 Å². The Balaban J connectivity index is 1.45. The Bertz CT molecular complexity index is 1140. The molecule has 3 N–H and O–H groups in total. The summed E-state index contributed by atoms with van der Waals surface area (Å²) in [6.45, 7) is 22.8. The number of anilines is 2. The highest BCUT2D eigenvalue weighted by Gasteiger charge is 2.29. The lowest BCUT2D eigenvalue weighted by molar-refractivity contribution is -0.119. The average Bonchev–Trinajstić information content (AvgIpc) is 3.39. The summed E-state index contributed by atoms with van der Waals surface area (Å²) in [5, 5.41) is 3.11. The van der Waals surface area contributed by atoms with Gasteiger partial charge in [0.2, 0.25) is 5.91 Å². The van der Waals surface area contributed by atoms with E-state index in [1.165, 1.54) is 0 Å². The number of nitrogen functional groups attached to an aromatic ring is 1. The van der Waals surface area contributed by atoms with Crippen molar-refractivity contribution in [1.82, 2.24) is 14.7 Å². The smallest absolute Gasteiger partial charge is 0.228 e. The Morgan fingerprint density at radius 2 is 1.82 bits per heavy atom. The fraction of sp³-hybridized carbons (Fsp3) is 0.516. The molecule has 8 nitrogen and oxygen atoms in total. The van der Waals surface area contributed by atoms with Crippen LogP contribution in [0, 0.1) is 5.92 Å². The summed E-state index contributed by atoms with van der Waals surface area (Å²) in [6, 6.07) is 5.76. The third kappa shape index (κ3) is 8.55. The number of allylic oxidation sites excluding steroid dienone is 2. The van der Waals surface area contributed by atoms with E-state index in [1.54, 1.807) is 6.20 Å². The van der Waals surface area contributed by atoms with Crippen LogP contribution in [0.4, 0.5) is 11.4 Å². The number of benzene rings is 1. The van der Waals surface area contributed by atoms with Crippen LogP contribution in [-0.4, -0.2) is 78.0 Å².